The number of hydrogen-bond acceptors (Lipinski definition) is 3. The highest BCUT2D eigenvalue weighted by Crippen LogP contribution is 2.20. The molecule has 17 heavy (non-hydrogen) atoms. The molecule has 90 valence electrons. The molecule has 0 saturated heterocycles. The molecule has 0 unspecified atom stereocenters. The molecule has 0 fully saturated rings. The fourth-order valence-corrected chi connectivity index (χ4v) is 1.65. The molecule has 2 rings (SSSR count). The molecule has 4 nitrogen and oxygen atoms in total. The summed E-state index contributed by atoms with van der Waals surface area (Å²) >= 11 is 0. The average molecular weight is 231 g/mol. The zero-order valence-corrected chi connectivity index (χ0v) is 10.6. The number of nitrogens with zero attached hydrogens (tertiary/aromatic N) is 3. The standard InChI is InChI=1S/C13H17N3O/c1-9-6-5-7-11(10(9)2)16-8-12(14-15-16)13(3,4)17/h5-8,17H,1-4H3. The van der Waals surface area contributed by atoms with E-state index in [1.807, 2.05) is 12.1 Å². The number of benzene rings is 1. The van der Waals surface area contributed by atoms with E-state index in [-0.39, 0.29) is 0 Å². The van der Waals surface area contributed by atoms with Crippen LogP contribution in [0.25, 0.3) is 5.69 Å². The molecule has 1 N–H and O–H groups in total. The van der Waals surface area contributed by atoms with Gasteiger partial charge < -0.3 is 5.11 Å². The molecular weight excluding hydrogens is 214 g/mol. The second-order valence-corrected chi connectivity index (χ2v) is 4.83. The van der Waals surface area contributed by atoms with Gasteiger partial charge in [0.1, 0.15) is 11.3 Å². The minimum absolute atomic E-state index is 0.568. The quantitative estimate of drug-likeness (QED) is 0.861. The Labute approximate surface area is 101 Å². The Bertz CT molecular complexity index is 538. The topological polar surface area (TPSA) is 50.9 Å². The summed E-state index contributed by atoms with van der Waals surface area (Å²) in [5.74, 6) is 0. The molecule has 2 aromatic rings. The summed E-state index contributed by atoms with van der Waals surface area (Å²) in [7, 11) is 0. The zero-order valence-electron chi connectivity index (χ0n) is 10.6. The molecule has 0 atom stereocenters. The van der Waals surface area contributed by atoms with Gasteiger partial charge in [-0.1, -0.05) is 17.3 Å². The van der Waals surface area contributed by atoms with Crippen molar-refractivity contribution >= 4 is 0 Å². The first kappa shape index (κ1) is 11.8. The molecule has 0 aliphatic carbocycles. The van der Waals surface area contributed by atoms with E-state index in [0.29, 0.717) is 5.69 Å². The smallest absolute Gasteiger partial charge is 0.114 e. The molecule has 0 radical (unpaired) electrons. The second-order valence-electron chi connectivity index (χ2n) is 4.83. The predicted octanol–water partition coefficient (Wildman–Crippen LogP) is 2.11. The van der Waals surface area contributed by atoms with Gasteiger partial charge in [-0.05, 0) is 44.9 Å². The first-order valence-corrected chi connectivity index (χ1v) is 5.61. The van der Waals surface area contributed by atoms with E-state index in [2.05, 4.69) is 30.2 Å². The van der Waals surface area contributed by atoms with E-state index < -0.39 is 5.60 Å². The third-order valence-electron chi connectivity index (χ3n) is 2.94. The summed E-state index contributed by atoms with van der Waals surface area (Å²) < 4.78 is 1.70. The molecule has 0 aliphatic rings. The fourth-order valence-electron chi connectivity index (χ4n) is 1.65. The normalized spacial score (nSPS) is 11.8. The maximum atomic E-state index is 9.86. The highest BCUT2D eigenvalue weighted by molar-refractivity contribution is 5.44. The van der Waals surface area contributed by atoms with Gasteiger partial charge >= 0.3 is 0 Å². The SMILES string of the molecule is Cc1cccc(-n2cc(C(C)(C)O)nn2)c1C. The number of aliphatic hydroxyl groups is 1. The Hall–Kier alpha value is -1.68. The lowest BCUT2D eigenvalue weighted by molar-refractivity contribution is 0.0737. The van der Waals surface area contributed by atoms with Crippen LogP contribution < -0.4 is 0 Å². The van der Waals surface area contributed by atoms with Gasteiger partial charge in [-0.3, -0.25) is 0 Å². The minimum atomic E-state index is -0.962. The molecule has 0 spiro atoms. The molecule has 0 amide bonds. The monoisotopic (exact) mass is 231 g/mol. The van der Waals surface area contributed by atoms with Crippen LogP contribution in [0.15, 0.2) is 24.4 Å². The highest BCUT2D eigenvalue weighted by atomic mass is 16.3. The predicted molar refractivity (Wildman–Crippen MR) is 66.1 cm³/mol. The van der Waals surface area contributed by atoms with Crippen LogP contribution in [-0.2, 0) is 5.60 Å². The van der Waals surface area contributed by atoms with Crippen molar-refractivity contribution in [1.82, 2.24) is 15.0 Å². The average Bonchev–Trinajstić information content (AvgIpc) is 2.70. The third kappa shape index (κ3) is 2.22. The van der Waals surface area contributed by atoms with Gasteiger partial charge in [0.05, 0.1) is 11.9 Å². The van der Waals surface area contributed by atoms with Crippen LogP contribution in [0.2, 0.25) is 0 Å². The Morgan fingerprint density at radius 3 is 2.53 bits per heavy atom. The Balaban J connectivity index is 2.48. The van der Waals surface area contributed by atoms with E-state index in [4.69, 9.17) is 0 Å². The molecule has 0 aliphatic heterocycles. The fraction of sp³-hybridized carbons (Fsp3) is 0.385. The minimum Gasteiger partial charge on any atom is -0.384 e. The van der Waals surface area contributed by atoms with E-state index in [0.717, 1.165) is 5.69 Å². The molecule has 4 heteroatoms. The van der Waals surface area contributed by atoms with Gasteiger partial charge in [-0.15, -0.1) is 5.10 Å². The van der Waals surface area contributed by atoms with Crippen LogP contribution in [0, 0.1) is 13.8 Å². The van der Waals surface area contributed by atoms with Crippen molar-refractivity contribution in [2.45, 2.75) is 33.3 Å². The number of aryl methyl sites for hydroxylation is 1. The third-order valence-corrected chi connectivity index (χ3v) is 2.94. The van der Waals surface area contributed by atoms with Gasteiger partial charge in [0, 0.05) is 0 Å². The summed E-state index contributed by atoms with van der Waals surface area (Å²) in [4.78, 5) is 0. The van der Waals surface area contributed by atoms with Crippen molar-refractivity contribution in [1.29, 1.82) is 0 Å². The van der Waals surface area contributed by atoms with Crippen molar-refractivity contribution in [3.05, 3.63) is 41.2 Å². The van der Waals surface area contributed by atoms with E-state index in [1.165, 1.54) is 11.1 Å². The first-order valence-electron chi connectivity index (χ1n) is 5.61. The molecular formula is C13H17N3O. The lowest BCUT2D eigenvalue weighted by Gasteiger charge is -2.12. The maximum absolute atomic E-state index is 9.86. The van der Waals surface area contributed by atoms with Crippen LogP contribution in [0.4, 0.5) is 0 Å². The Morgan fingerprint density at radius 2 is 1.94 bits per heavy atom. The molecule has 1 heterocycles. The van der Waals surface area contributed by atoms with E-state index in [1.54, 1.807) is 24.7 Å². The Morgan fingerprint density at radius 1 is 1.24 bits per heavy atom. The van der Waals surface area contributed by atoms with Crippen molar-refractivity contribution in [2.75, 3.05) is 0 Å². The largest absolute Gasteiger partial charge is 0.384 e. The second kappa shape index (κ2) is 3.96. The lowest BCUT2D eigenvalue weighted by atomic mass is 10.1. The van der Waals surface area contributed by atoms with E-state index in [9.17, 15) is 5.11 Å². The van der Waals surface area contributed by atoms with Crippen LogP contribution in [0.3, 0.4) is 0 Å². The Kier molecular flexibility index (Phi) is 2.75. The van der Waals surface area contributed by atoms with Gasteiger partial charge in [-0.25, -0.2) is 4.68 Å². The summed E-state index contributed by atoms with van der Waals surface area (Å²) in [6, 6.07) is 6.04. The van der Waals surface area contributed by atoms with Crippen molar-refractivity contribution in [3.8, 4) is 5.69 Å². The van der Waals surface area contributed by atoms with Crippen LogP contribution in [0.5, 0.6) is 0 Å². The van der Waals surface area contributed by atoms with Crippen molar-refractivity contribution in [2.24, 2.45) is 0 Å². The summed E-state index contributed by atoms with van der Waals surface area (Å²) in [5, 5.41) is 17.9. The number of hydrogen-bond donors (Lipinski definition) is 1. The van der Waals surface area contributed by atoms with E-state index >= 15 is 0 Å². The molecule has 1 aromatic carbocycles. The zero-order chi connectivity index (χ0) is 12.6. The molecule has 0 bridgehead atoms. The van der Waals surface area contributed by atoms with Gasteiger partial charge in [0.25, 0.3) is 0 Å². The summed E-state index contributed by atoms with van der Waals surface area (Å²) in [6.45, 7) is 7.51. The first-order chi connectivity index (χ1) is 7.89. The van der Waals surface area contributed by atoms with Crippen LogP contribution in [0.1, 0.15) is 30.7 Å². The summed E-state index contributed by atoms with van der Waals surface area (Å²) in [6.07, 6.45) is 1.77. The van der Waals surface area contributed by atoms with Crippen molar-refractivity contribution < 1.29 is 5.11 Å². The van der Waals surface area contributed by atoms with Gasteiger partial charge in [0.15, 0.2) is 0 Å². The van der Waals surface area contributed by atoms with Gasteiger partial charge in [0.2, 0.25) is 0 Å². The van der Waals surface area contributed by atoms with Crippen LogP contribution >= 0.6 is 0 Å². The maximum Gasteiger partial charge on any atom is 0.114 e. The molecule has 0 saturated carbocycles. The highest BCUT2D eigenvalue weighted by Gasteiger charge is 2.20. The number of aromatic nitrogens is 3. The van der Waals surface area contributed by atoms with Crippen LogP contribution in [-0.4, -0.2) is 20.1 Å². The molecule has 1 aromatic heterocycles. The lowest BCUT2D eigenvalue weighted by Crippen LogP contribution is -2.15. The number of rotatable bonds is 2. The summed E-state index contributed by atoms with van der Waals surface area (Å²) in [5.41, 5.74) is 2.98. The van der Waals surface area contributed by atoms with Crippen molar-refractivity contribution in [3.63, 3.8) is 0 Å². The van der Waals surface area contributed by atoms with Gasteiger partial charge in [-0.2, -0.15) is 0 Å².